The molecule has 3 N–H and O–H groups in total. The number of hydrogen-bond acceptors (Lipinski definition) is 4. The minimum absolute atomic E-state index is 0.118. The fourth-order valence-corrected chi connectivity index (χ4v) is 2.34. The van der Waals surface area contributed by atoms with Gasteiger partial charge in [-0.15, -0.1) is 0 Å². The number of pyridine rings is 1. The van der Waals surface area contributed by atoms with Crippen molar-refractivity contribution >= 4 is 62.6 Å². The SMILES string of the molecule is Nc1c(Cl)c(Cl)nc(CN/N=C/c2ccc(Br)cc2)c1Cl. The van der Waals surface area contributed by atoms with Gasteiger partial charge >= 0.3 is 0 Å². The van der Waals surface area contributed by atoms with Crippen LogP contribution in [0.4, 0.5) is 5.69 Å². The Morgan fingerprint density at radius 3 is 2.52 bits per heavy atom. The minimum Gasteiger partial charge on any atom is -0.396 e. The number of nitrogens with one attached hydrogen (secondary N) is 1. The number of nitrogens with two attached hydrogens (primary N) is 1. The molecular formula is C13H10BrCl3N4. The van der Waals surface area contributed by atoms with Gasteiger partial charge in [0.05, 0.1) is 29.2 Å². The molecule has 110 valence electrons. The first-order chi connectivity index (χ1) is 9.99. The fraction of sp³-hybridized carbons (Fsp3) is 0.0769. The molecule has 0 aliphatic carbocycles. The van der Waals surface area contributed by atoms with Crippen LogP contribution in [0, 0.1) is 0 Å². The number of nitrogens with zero attached hydrogens (tertiary/aromatic N) is 2. The highest BCUT2D eigenvalue weighted by Crippen LogP contribution is 2.34. The average molecular weight is 409 g/mol. The van der Waals surface area contributed by atoms with E-state index in [0.29, 0.717) is 5.69 Å². The number of halogens is 4. The lowest BCUT2D eigenvalue weighted by Crippen LogP contribution is -2.09. The van der Waals surface area contributed by atoms with Gasteiger partial charge in [-0.2, -0.15) is 5.10 Å². The molecule has 0 saturated carbocycles. The Morgan fingerprint density at radius 2 is 1.86 bits per heavy atom. The van der Waals surface area contributed by atoms with E-state index in [4.69, 9.17) is 40.5 Å². The number of benzene rings is 1. The van der Waals surface area contributed by atoms with Gasteiger partial charge in [0.1, 0.15) is 10.2 Å². The predicted molar refractivity (Wildman–Crippen MR) is 92.3 cm³/mol. The van der Waals surface area contributed by atoms with Crippen LogP contribution in [0.3, 0.4) is 0 Å². The summed E-state index contributed by atoms with van der Waals surface area (Å²) in [5.41, 5.74) is 10.2. The normalized spacial score (nSPS) is 11.0. The summed E-state index contributed by atoms with van der Waals surface area (Å²) in [6, 6.07) is 7.72. The maximum Gasteiger partial charge on any atom is 0.150 e. The van der Waals surface area contributed by atoms with Crippen LogP contribution in [0.25, 0.3) is 0 Å². The van der Waals surface area contributed by atoms with Crippen LogP contribution in [0.15, 0.2) is 33.8 Å². The van der Waals surface area contributed by atoms with Crippen molar-refractivity contribution in [1.29, 1.82) is 0 Å². The molecule has 1 aromatic heterocycles. The van der Waals surface area contributed by atoms with Crippen molar-refractivity contribution in [2.45, 2.75) is 6.54 Å². The smallest absolute Gasteiger partial charge is 0.150 e. The van der Waals surface area contributed by atoms with E-state index < -0.39 is 0 Å². The van der Waals surface area contributed by atoms with Crippen molar-refractivity contribution in [3.63, 3.8) is 0 Å². The van der Waals surface area contributed by atoms with E-state index in [9.17, 15) is 0 Å². The molecule has 0 unspecified atom stereocenters. The van der Waals surface area contributed by atoms with E-state index in [1.165, 1.54) is 0 Å². The zero-order valence-electron chi connectivity index (χ0n) is 10.6. The first kappa shape index (κ1) is 16.4. The summed E-state index contributed by atoms with van der Waals surface area (Å²) in [5, 5.41) is 4.63. The summed E-state index contributed by atoms with van der Waals surface area (Å²) in [6.45, 7) is 0.285. The van der Waals surface area contributed by atoms with Gasteiger partial charge in [0.2, 0.25) is 0 Å². The average Bonchev–Trinajstić information content (AvgIpc) is 2.48. The molecule has 0 bridgehead atoms. The van der Waals surface area contributed by atoms with Crippen LogP contribution >= 0.6 is 50.7 Å². The lowest BCUT2D eigenvalue weighted by atomic mass is 10.2. The summed E-state index contributed by atoms with van der Waals surface area (Å²) in [4.78, 5) is 4.07. The number of nitrogen functional groups attached to an aromatic ring is 1. The number of hydrogen-bond donors (Lipinski definition) is 2. The fourth-order valence-electron chi connectivity index (χ4n) is 1.49. The Hall–Kier alpha value is -1.01. The van der Waals surface area contributed by atoms with Crippen LogP contribution in [-0.2, 0) is 6.54 Å². The molecule has 4 nitrogen and oxygen atoms in total. The molecule has 2 rings (SSSR count). The molecule has 0 aliphatic rings. The molecule has 8 heteroatoms. The number of aromatic nitrogens is 1. The second-order valence-electron chi connectivity index (χ2n) is 4.04. The third kappa shape index (κ3) is 4.23. The molecule has 0 fully saturated rings. The van der Waals surface area contributed by atoms with Crippen molar-refractivity contribution in [1.82, 2.24) is 10.4 Å². The molecule has 1 aromatic carbocycles. The van der Waals surface area contributed by atoms with E-state index in [1.807, 2.05) is 24.3 Å². The number of anilines is 1. The van der Waals surface area contributed by atoms with Gasteiger partial charge in [-0.05, 0) is 17.7 Å². The second kappa shape index (κ2) is 7.31. The third-order valence-corrected chi connectivity index (χ3v) is 4.27. The highest BCUT2D eigenvalue weighted by Gasteiger charge is 2.13. The van der Waals surface area contributed by atoms with Gasteiger partial charge in [0, 0.05) is 4.47 Å². The molecular weight excluding hydrogens is 398 g/mol. The summed E-state index contributed by atoms with van der Waals surface area (Å²) < 4.78 is 1.01. The van der Waals surface area contributed by atoms with Crippen LogP contribution in [0.5, 0.6) is 0 Å². The zero-order valence-corrected chi connectivity index (χ0v) is 14.4. The Bertz CT molecular complexity index is 674. The van der Waals surface area contributed by atoms with Crippen LogP contribution in [0.2, 0.25) is 15.2 Å². The summed E-state index contributed by atoms with van der Waals surface area (Å²) in [6.07, 6.45) is 1.68. The molecule has 0 amide bonds. The van der Waals surface area contributed by atoms with Gasteiger partial charge in [0.25, 0.3) is 0 Å². The van der Waals surface area contributed by atoms with E-state index in [2.05, 4.69) is 31.4 Å². The first-order valence-electron chi connectivity index (χ1n) is 5.79. The van der Waals surface area contributed by atoms with E-state index in [1.54, 1.807) is 6.21 Å². The van der Waals surface area contributed by atoms with Crippen molar-refractivity contribution < 1.29 is 0 Å². The lowest BCUT2D eigenvalue weighted by Gasteiger charge is -2.08. The monoisotopic (exact) mass is 406 g/mol. The molecule has 21 heavy (non-hydrogen) atoms. The van der Waals surface area contributed by atoms with Crippen molar-refractivity contribution in [3.05, 3.63) is 55.2 Å². The maximum absolute atomic E-state index is 6.06. The van der Waals surface area contributed by atoms with Crippen molar-refractivity contribution in [2.24, 2.45) is 5.10 Å². The van der Waals surface area contributed by atoms with Crippen LogP contribution in [-0.4, -0.2) is 11.2 Å². The first-order valence-corrected chi connectivity index (χ1v) is 7.72. The largest absolute Gasteiger partial charge is 0.396 e. The van der Waals surface area contributed by atoms with Gasteiger partial charge in [-0.25, -0.2) is 4.98 Å². The maximum atomic E-state index is 6.06. The van der Waals surface area contributed by atoms with E-state index in [-0.39, 0.29) is 27.4 Å². The third-order valence-electron chi connectivity index (χ3n) is 2.56. The molecule has 0 saturated heterocycles. The molecule has 1 heterocycles. The van der Waals surface area contributed by atoms with Gasteiger partial charge < -0.3 is 11.2 Å². The van der Waals surface area contributed by atoms with Gasteiger partial charge in [-0.1, -0.05) is 62.9 Å². The van der Waals surface area contributed by atoms with Crippen LogP contribution < -0.4 is 11.2 Å². The number of hydrazone groups is 1. The topological polar surface area (TPSA) is 63.3 Å². The molecule has 0 spiro atoms. The van der Waals surface area contributed by atoms with Crippen molar-refractivity contribution in [2.75, 3.05) is 5.73 Å². The second-order valence-corrected chi connectivity index (χ2v) is 6.07. The Kier molecular flexibility index (Phi) is 5.70. The summed E-state index contributed by atoms with van der Waals surface area (Å²) in [5.74, 6) is 0. The Balaban J connectivity index is 2.02. The minimum atomic E-state index is 0.118. The predicted octanol–water partition coefficient (Wildman–Crippen LogP) is 4.51. The Labute approximate surface area is 145 Å². The van der Waals surface area contributed by atoms with Crippen molar-refractivity contribution in [3.8, 4) is 0 Å². The quantitative estimate of drug-likeness (QED) is 0.444. The molecule has 2 aromatic rings. The highest BCUT2D eigenvalue weighted by molar-refractivity contribution is 9.10. The summed E-state index contributed by atoms with van der Waals surface area (Å²) in [7, 11) is 0. The van der Waals surface area contributed by atoms with E-state index in [0.717, 1.165) is 10.0 Å². The van der Waals surface area contributed by atoms with Crippen LogP contribution in [0.1, 0.15) is 11.3 Å². The summed E-state index contributed by atoms with van der Waals surface area (Å²) >= 11 is 21.1. The van der Waals surface area contributed by atoms with E-state index >= 15 is 0 Å². The highest BCUT2D eigenvalue weighted by atomic mass is 79.9. The molecule has 0 atom stereocenters. The lowest BCUT2D eigenvalue weighted by molar-refractivity contribution is 0.730. The Morgan fingerprint density at radius 1 is 1.19 bits per heavy atom. The molecule has 0 aliphatic heterocycles. The van der Waals surface area contributed by atoms with Gasteiger partial charge in [-0.3, -0.25) is 0 Å². The molecule has 0 radical (unpaired) electrons. The zero-order chi connectivity index (χ0) is 15.4. The standard InChI is InChI=1S/C13H10BrCl3N4/c14-8-3-1-7(2-4-8)5-19-20-6-9-10(15)12(18)11(16)13(17)21-9/h1-5,20H,6H2,(H2,18,21)/b19-5+. The number of rotatable bonds is 4. The van der Waals surface area contributed by atoms with Gasteiger partial charge in [0.15, 0.2) is 0 Å².